The molecule has 1 atom stereocenters. The van der Waals surface area contributed by atoms with Crippen LogP contribution in [0.15, 0.2) is 42.6 Å². The Bertz CT molecular complexity index is 893. The van der Waals surface area contributed by atoms with Crippen molar-refractivity contribution in [2.45, 2.75) is 32.7 Å². The number of esters is 1. The first-order valence-electron chi connectivity index (χ1n) is 10.2. The van der Waals surface area contributed by atoms with E-state index in [0.29, 0.717) is 37.7 Å². The van der Waals surface area contributed by atoms with Crippen molar-refractivity contribution < 1.29 is 23.7 Å². The summed E-state index contributed by atoms with van der Waals surface area (Å²) in [7, 11) is 1.64. The maximum Gasteiger partial charge on any atom is 0.302 e. The predicted molar refractivity (Wildman–Crippen MR) is 116 cm³/mol. The fraction of sp³-hybridized carbons (Fsp3) is 0.375. The third-order valence-electron chi connectivity index (χ3n) is 4.81. The topological polar surface area (TPSA) is 66.0 Å². The van der Waals surface area contributed by atoms with Crippen LogP contribution in [-0.4, -0.2) is 32.9 Å². The summed E-state index contributed by atoms with van der Waals surface area (Å²) in [6, 6.07) is 12.3. The lowest BCUT2D eigenvalue weighted by molar-refractivity contribution is -0.141. The van der Waals surface area contributed by atoms with E-state index in [1.165, 1.54) is 12.5 Å². The average Bonchev–Trinajstić information content (AvgIpc) is 2.73. The number of hydrogen-bond donors (Lipinski definition) is 1. The second-order valence-electron chi connectivity index (χ2n) is 7.01. The summed E-state index contributed by atoms with van der Waals surface area (Å²) in [5, 5.41) is 3.45. The van der Waals surface area contributed by atoms with Gasteiger partial charge in [0.15, 0.2) is 11.5 Å². The number of ether oxygens (including phenoxy) is 4. The number of carbonyl (C=O) groups excluding carboxylic acids is 1. The van der Waals surface area contributed by atoms with Crippen LogP contribution >= 0.6 is 0 Å². The van der Waals surface area contributed by atoms with E-state index in [4.69, 9.17) is 18.9 Å². The Hall–Kier alpha value is -3.15. The highest BCUT2D eigenvalue weighted by molar-refractivity contribution is 5.65. The van der Waals surface area contributed by atoms with Crippen molar-refractivity contribution >= 4 is 12.0 Å². The van der Waals surface area contributed by atoms with E-state index in [1.54, 1.807) is 7.11 Å². The largest absolute Gasteiger partial charge is 0.494 e. The first-order chi connectivity index (χ1) is 14.6. The molecule has 1 heterocycles. The fourth-order valence-corrected chi connectivity index (χ4v) is 3.44. The van der Waals surface area contributed by atoms with E-state index in [2.05, 4.69) is 17.4 Å². The van der Waals surface area contributed by atoms with Crippen molar-refractivity contribution in [2.75, 3.05) is 26.9 Å². The molecule has 30 heavy (non-hydrogen) atoms. The van der Waals surface area contributed by atoms with Crippen molar-refractivity contribution in [3.05, 3.63) is 59.3 Å². The minimum atomic E-state index is -0.281. The highest BCUT2D eigenvalue weighted by Gasteiger charge is 2.21. The summed E-state index contributed by atoms with van der Waals surface area (Å²) < 4.78 is 22.0. The van der Waals surface area contributed by atoms with Gasteiger partial charge in [-0.25, -0.2) is 0 Å². The van der Waals surface area contributed by atoms with Gasteiger partial charge in [0, 0.05) is 13.3 Å². The van der Waals surface area contributed by atoms with Crippen LogP contribution in [0.5, 0.6) is 17.2 Å². The Morgan fingerprint density at radius 1 is 1.10 bits per heavy atom. The fourth-order valence-electron chi connectivity index (χ4n) is 3.44. The standard InChI is InChI=1S/C24H29NO5/c1-4-28-20-8-5-7-18(13-20)14-22-21-16-23(27-3)24(15-19(21)9-10-25-22)30-12-6-11-29-17(2)26/h5,7-10,13,15-16,22,25H,4,6,11-12,14H2,1-3H3. The zero-order valence-corrected chi connectivity index (χ0v) is 17.8. The van der Waals surface area contributed by atoms with Gasteiger partial charge in [0.1, 0.15) is 5.75 Å². The summed E-state index contributed by atoms with van der Waals surface area (Å²) in [5.74, 6) is 1.97. The van der Waals surface area contributed by atoms with Crippen LogP contribution in [-0.2, 0) is 16.0 Å². The summed E-state index contributed by atoms with van der Waals surface area (Å²) in [6.07, 6.45) is 5.45. The van der Waals surface area contributed by atoms with Crippen LogP contribution < -0.4 is 19.5 Å². The smallest absolute Gasteiger partial charge is 0.302 e. The molecule has 0 saturated heterocycles. The molecule has 3 rings (SSSR count). The third kappa shape index (κ3) is 5.69. The van der Waals surface area contributed by atoms with Crippen LogP contribution in [0.1, 0.15) is 43.0 Å². The molecule has 0 saturated carbocycles. The number of benzene rings is 2. The van der Waals surface area contributed by atoms with Crippen LogP contribution in [0.25, 0.3) is 6.08 Å². The molecule has 2 aromatic carbocycles. The van der Waals surface area contributed by atoms with Gasteiger partial charge in [0.2, 0.25) is 0 Å². The molecule has 0 aromatic heterocycles. The van der Waals surface area contributed by atoms with Crippen molar-refractivity contribution in [3.8, 4) is 17.2 Å². The van der Waals surface area contributed by atoms with Crippen molar-refractivity contribution in [1.29, 1.82) is 0 Å². The Balaban J connectivity index is 1.72. The number of rotatable bonds is 10. The average molecular weight is 411 g/mol. The second-order valence-corrected chi connectivity index (χ2v) is 7.01. The van der Waals surface area contributed by atoms with Gasteiger partial charge in [-0.1, -0.05) is 12.1 Å². The number of carbonyl (C=O) groups is 1. The van der Waals surface area contributed by atoms with E-state index < -0.39 is 0 Å². The molecule has 1 aliphatic heterocycles. The Morgan fingerprint density at radius 3 is 2.73 bits per heavy atom. The third-order valence-corrected chi connectivity index (χ3v) is 4.81. The molecule has 0 bridgehead atoms. The molecule has 6 heteroatoms. The van der Waals surface area contributed by atoms with Crippen LogP contribution in [0.3, 0.4) is 0 Å². The normalized spacial score (nSPS) is 14.4. The highest BCUT2D eigenvalue weighted by Crippen LogP contribution is 2.37. The molecule has 0 radical (unpaired) electrons. The van der Waals surface area contributed by atoms with Gasteiger partial charge in [-0.2, -0.15) is 0 Å². The van der Waals surface area contributed by atoms with Gasteiger partial charge in [-0.05, 0) is 66.6 Å². The predicted octanol–water partition coefficient (Wildman–Crippen LogP) is 4.28. The van der Waals surface area contributed by atoms with Gasteiger partial charge in [0.05, 0.1) is 33.0 Å². The van der Waals surface area contributed by atoms with Crippen molar-refractivity contribution in [2.24, 2.45) is 0 Å². The number of hydrogen-bond acceptors (Lipinski definition) is 6. The summed E-state index contributed by atoms with van der Waals surface area (Å²) in [6.45, 7) is 4.82. The molecule has 160 valence electrons. The van der Waals surface area contributed by atoms with Crippen molar-refractivity contribution in [1.82, 2.24) is 5.32 Å². The summed E-state index contributed by atoms with van der Waals surface area (Å²) in [5.41, 5.74) is 3.45. The first kappa shape index (κ1) is 21.6. The number of methoxy groups -OCH3 is 1. The molecular weight excluding hydrogens is 382 g/mol. The lowest BCUT2D eigenvalue weighted by Gasteiger charge is -2.25. The molecule has 1 aliphatic rings. The van der Waals surface area contributed by atoms with E-state index in [1.807, 2.05) is 43.5 Å². The summed E-state index contributed by atoms with van der Waals surface area (Å²) >= 11 is 0. The quantitative estimate of drug-likeness (QED) is 0.465. The van der Waals surface area contributed by atoms with E-state index >= 15 is 0 Å². The van der Waals surface area contributed by atoms with E-state index in [-0.39, 0.29) is 12.0 Å². The lowest BCUT2D eigenvalue weighted by Crippen LogP contribution is -2.22. The van der Waals surface area contributed by atoms with Gasteiger partial charge in [-0.15, -0.1) is 0 Å². The summed E-state index contributed by atoms with van der Waals surface area (Å²) in [4.78, 5) is 10.8. The molecule has 0 aliphatic carbocycles. The first-order valence-corrected chi connectivity index (χ1v) is 10.2. The van der Waals surface area contributed by atoms with Gasteiger partial charge in [0.25, 0.3) is 0 Å². The van der Waals surface area contributed by atoms with E-state index in [0.717, 1.165) is 23.3 Å². The molecule has 2 aromatic rings. The minimum absolute atomic E-state index is 0.119. The molecule has 1 N–H and O–H groups in total. The minimum Gasteiger partial charge on any atom is -0.494 e. The molecule has 0 spiro atoms. The zero-order valence-electron chi connectivity index (χ0n) is 17.8. The zero-order chi connectivity index (χ0) is 21.3. The molecular formula is C24H29NO5. The molecule has 0 fully saturated rings. The Kier molecular flexibility index (Phi) is 7.60. The van der Waals surface area contributed by atoms with Crippen LogP contribution in [0, 0.1) is 0 Å². The number of nitrogens with one attached hydrogen (secondary N) is 1. The van der Waals surface area contributed by atoms with Gasteiger partial charge in [-0.3, -0.25) is 4.79 Å². The van der Waals surface area contributed by atoms with Crippen LogP contribution in [0.2, 0.25) is 0 Å². The Labute approximate surface area is 177 Å². The maximum absolute atomic E-state index is 10.8. The second kappa shape index (κ2) is 10.6. The van der Waals surface area contributed by atoms with Gasteiger partial charge >= 0.3 is 5.97 Å². The SMILES string of the molecule is CCOc1cccc(CC2NC=Cc3cc(OCCCOC(C)=O)c(OC)cc32)c1. The van der Waals surface area contributed by atoms with E-state index in [9.17, 15) is 4.79 Å². The maximum atomic E-state index is 10.8. The van der Waals surface area contributed by atoms with Gasteiger partial charge < -0.3 is 24.3 Å². The molecule has 6 nitrogen and oxygen atoms in total. The van der Waals surface area contributed by atoms with Crippen molar-refractivity contribution in [3.63, 3.8) is 0 Å². The lowest BCUT2D eigenvalue weighted by atomic mass is 9.92. The Morgan fingerprint density at radius 2 is 1.97 bits per heavy atom. The van der Waals surface area contributed by atoms with Crippen LogP contribution in [0.4, 0.5) is 0 Å². The monoisotopic (exact) mass is 411 g/mol. The molecule has 0 amide bonds. The molecule has 1 unspecified atom stereocenters. The highest BCUT2D eigenvalue weighted by atomic mass is 16.5. The number of fused-ring (bicyclic) bond motifs is 1.